The van der Waals surface area contributed by atoms with Gasteiger partial charge in [0.05, 0.1) is 13.0 Å². The molecule has 3 aliphatic rings. The maximum absolute atomic E-state index is 15.1. The van der Waals surface area contributed by atoms with Gasteiger partial charge >= 0.3 is 0 Å². The number of benzene rings is 2. The molecule has 26 heteroatoms. The van der Waals surface area contributed by atoms with Crippen LogP contribution in [0.4, 0.5) is 4.39 Å². The van der Waals surface area contributed by atoms with Gasteiger partial charge in [0.25, 0.3) is 0 Å². The molecule has 4 N–H and O–H groups in total. The van der Waals surface area contributed by atoms with Gasteiger partial charge in [0, 0.05) is 84.8 Å². The van der Waals surface area contributed by atoms with E-state index in [0.717, 1.165) is 24.7 Å². The number of likely N-dealkylation sites (N-methyl/N-ethyl adjacent to an activating group) is 6. The van der Waals surface area contributed by atoms with E-state index in [2.05, 4.69) is 49.8 Å². The second-order valence-corrected chi connectivity index (χ2v) is 28.3. The number of terminal acetylenes is 1. The van der Waals surface area contributed by atoms with Crippen molar-refractivity contribution in [2.75, 3.05) is 68.5 Å². The lowest BCUT2D eigenvalue weighted by molar-refractivity contribution is -0.160. The third-order valence-electron chi connectivity index (χ3n) is 18.8. The highest BCUT2D eigenvalue weighted by Gasteiger charge is 2.47. The SMILES string of the molecule is C#CC[C@@H]1NC(=O)[C@H](Cc2cccc(I)c2)NC(=O)CN(C)C(=O)[C@H](Cc2ccc(F)cc2)N(C)C(=O)[C@@H]2CCN2C(=O)[C@H](C)N(C)C(=O)[C@H]([C@@H](C)CC)NC(=O)[C@H](CC(C)C)N(C)C(=O)C[C@@H](C(=O)N2CCCCC2)N(C)C(=O)[C@H](CC(C)C)NC(=O)C(C)(C)N(C)C1=O. The van der Waals surface area contributed by atoms with E-state index >= 15 is 4.79 Å². The highest BCUT2D eigenvalue weighted by molar-refractivity contribution is 14.1. The molecule has 2 aromatic carbocycles. The van der Waals surface area contributed by atoms with Gasteiger partial charge in [0.15, 0.2) is 0 Å². The Labute approximate surface area is 573 Å². The van der Waals surface area contributed by atoms with E-state index in [1.165, 1.54) is 107 Å². The van der Waals surface area contributed by atoms with Crippen LogP contribution in [0.2, 0.25) is 0 Å². The van der Waals surface area contributed by atoms with Crippen molar-refractivity contribution in [3.63, 3.8) is 0 Å². The van der Waals surface area contributed by atoms with Gasteiger partial charge in [-0.25, -0.2) is 4.39 Å². The number of halogens is 2. The third kappa shape index (κ3) is 20.2. The highest BCUT2D eigenvalue weighted by Crippen LogP contribution is 2.27. The minimum atomic E-state index is -1.77. The third-order valence-corrected chi connectivity index (χ3v) is 19.5. The number of nitrogens with one attached hydrogen (secondary N) is 4. The fraction of sp³-hybridized carbons (Fsp3) is 0.623. The van der Waals surface area contributed by atoms with Gasteiger partial charge in [0.2, 0.25) is 70.9 Å². The molecule has 0 spiro atoms. The molecule has 3 saturated heterocycles. The van der Waals surface area contributed by atoms with Crippen molar-refractivity contribution < 1.29 is 61.9 Å². The molecule has 95 heavy (non-hydrogen) atoms. The Morgan fingerprint density at radius 2 is 1.29 bits per heavy atom. The predicted octanol–water partition coefficient (Wildman–Crippen LogP) is 3.36. The Morgan fingerprint density at radius 1 is 0.663 bits per heavy atom. The second-order valence-electron chi connectivity index (χ2n) is 27.1. The number of likely N-dealkylation sites (tertiary alicyclic amines) is 1. The van der Waals surface area contributed by atoms with E-state index in [0.29, 0.717) is 43.5 Å². The van der Waals surface area contributed by atoms with Gasteiger partial charge in [-0.05, 0) is 135 Å². The van der Waals surface area contributed by atoms with Crippen molar-refractivity contribution in [3.8, 4) is 12.3 Å². The van der Waals surface area contributed by atoms with Crippen LogP contribution in [-0.2, 0) is 70.4 Å². The molecule has 0 radical (unpaired) electrons. The zero-order chi connectivity index (χ0) is 71.1. The van der Waals surface area contributed by atoms with Crippen molar-refractivity contribution in [2.45, 2.75) is 193 Å². The van der Waals surface area contributed by atoms with Crippen LogP contribution in [-0.4, -0.2) is 238 Å². The van der Waals surface area contributed by atoms with Crippen LogP contribution in [0.15, 0.2) is 48.5 Å². The Hall–Kier alpha value is -7.70. The number of amides is 12. The number of carbonyl (C=O) groups excluding carboxylic acids is 12. The van der Waals surface area contributed by atoms with Crippen LogP contribution in [0.1, 0.15) is 131 Å². The molecule has 3 fully saturated rings. The largest absolute Gasteiger partial charge is 0.342 e. The molecule has 12 amide bonds. The minimum Gasteiger partial charge on any atom is -0.342 e. The lowest BCUT2D eigenvalue weighted by atomic mass is 9.94. The molecule has 5 rings (SSSR count). The van der Waals surface area contributed by atoms with Gasteiger partial charge < -0.3 is 60.5 Å². The summed E-state index contributed by atoms with van der Waals surface area (Å²) in [6.07, 6.45) is 7.58. The van der Waals surface area contributed by atoms with E-state index in [1.54, 1.807) is 30.0 Å². The number of carbonyl (C=O) groups is 12. The van der Waals surface area contributed by atoms with Gasteiger partial charge in [0.1, 0.15) is 65.7 Å². The van der Waals surface area contributed by atoms with Crippen LogP contribution in [0.5, 0.6) is 0 Å². The molecular formula is C69H100FIN12O12. The van der Waals surface area contributed by atoms with E-state index in [-0.39, 0.29) is 56.9 Å². The molecule has 0 aliphatic carbocycles. The standard InChI is InChI=1S/C69H100FIN12O12/c1-17-23-49-63(90)81(16)69(9,10)68(95)74-51(34-41(3)4)62(89)79(14)55(66(93)82-31-20-19-21-32-82)39-57(85)78(13)53(35-42(5)6)60(87)75-58(43(7)18-2)67(94)77(12)44(8)61(88)83-33-30-52(83)65(92)80(15)54(38-45-26-28-47(70)29-27-45)64(91)76(11)40-56(84)72-50(59(86)73-49)37-46-24-22-25-48(71)36-46/h1,22,24-29,36,41-44,49-55,58H,18-21,23,30-35,37-40H2,2-16H3,(H,72,84)(H,73,86)(H,74,95)(H,75,87)/t43-,44-,49-,50-,51-,52-,53-,54-,55-,58-/m0/s1. The summed E-state index contributed by atoms with van der Waals surface area (Å²) in [4.78, 5) is 187. The number of nitrogens with zero attached hydrogens (tertiary/aromatic N) is 8. The Morgan fingerprint density at radius 3 is 1.86 bits per heavy atom. The fourth-order valence-corrected chi connectivity index (χ4v) is 12.5. The van der Waals surface area contributed by atoms with Crippen LogP contribution >= 0.6 is 22.6 Å². The number of rotatable bonds is 12. The van der Waals surface area contributed by atoms with E-state index < -0.39 is 156 Å². The molecule has 0 bridgehead atoms. The quantitative estimate of drug-likeness (QED) is 0.176. The first-order chi connectivity index (χ1) is 44.5. The molecular weight excluding hydrogens is 1330 g/mol. The summed E-state index contributed by atoms with van der Waals surface area (Å²) in [5.41, 5.74) is -0.708. The molecule has 3 aliphatic heterocycles. The maximum Gasteiger partial charge on any atom is 0.246 e. The molecule has 0 unspecified atom stereocenters. The van der Waals surface area contributed by atoms with E-state index in [1.807, 2.05) is 40.7 Å². The molecule has 0 saturated carbocycles. The smallest absolute Gasteiger partial charge is 0.246 e. The Kier molecular flexibility index (Phi) is 28.6. The summed E-state index contributed by atoms with van der Waals surface area (Å²) in [5.74, 6) is -7.55. The van der Waals surface area contributed by atoms with Crippen molar-refractivity contribution >= 4 is 93.5 Å². The summed E-state index contributed by atoms with van der Waals surface area (Å²) in [7, 11) is 8.25. The first-order valence-electron chi connectivity index (χ1n) is 32.9. The molecule has 522 valence electrons. The Bertz CT molecular complexity index is 3170. The minimum absolute atomic E-state index is 0.0509. The lowest BCUT2D eigenvalue weighted by Gasteiger charge is -2.45. The van der Waals surface area contributed by atoms with Crippen molar-refractivity contribution in [1.82, 2.24) is 60.5 Å². The monoisotopic (exact) mass is 1430 g/mol. The van der Waals surface area contributed by atoms with Gasteiger partial charge in [-0.1, -0.05) is 72.2 Å². The summed E-state index contributed by atoms with van der Waals surface area (Å²) in [6.45, 7) is 15.5. The second kappa shape index (κ2) is 34.8. The van der Waals surface area contributed by atoms with Gasteiger partial charge in [-0.2, -0.15) is 0 Å². The van der Waals surface area contributed by atoms with Gasteiger partial charge in [-0.15, -0.1) is 12.3 Å². The first kappa shape index (κ1) is 78.0. The lowest BCUT2D eigenvalue weighted by Crippen LogP contribution is -2.65. The zero-order valence-electron chi connectivity index (χ0n) is 58.0. The molecule has 24 nitrogen and oxygen atoms in total. The van der Waals surface area contributed by atoms with E-state index in [9.17, 15) is 57.1 Å². The molecule has 10 atom stereocenters. The molecule has 2 aromatic rings. The average Bonchev–Trinajstić information content (AvgIpc) is 0.743. The number of hydrogen-bond acceptors (Lipinski definition) is 12. The summed E-state index contributed by atoms with van der Waals surface area (Å²) in [5, 5.41) is 11.2. The van der Waals surface area contributed by atoms with E-state index in [4.69, 9.17) is 6.42 Å². The molecule has 0 aromatic heterocycles. The highest BCUT2D eigenvalue weighted by atomic mass is 127. The first-order valence-corrected chi connectivity index (χ1v) is 33.9. The van der Waals surface area contributed by atoms with Crippen molar-refractivity contribution in [2.24, 2.45) is 17.8 Å². The fourth-order valence-electron chi connectivity index (χ4n) is 11.9. The number of piperidine rings is 1. The zero-order valence-corrected chi connectivity index (χ0v) is 60.1. The van der Waals surface area contributed by atoms with Crippen LogP contribution < -0.4 is 21.3 Å². The van der Waals surface area contributed by atoms with Crippen molar-refractivity contribution in [3.05, 3.63) is 69.0 Å². The Balaban J connectivity index is 1.63. The maximum atomic E-state index is 15.1. The van der Waals surface area contributed by atoms with Crippen LogP contribution in [0.3, 0.4) is 0 Å². The normalized spacial score (nSPS) is 25.7. The number of fused-ring (bicyclic) bond motifs is 1. The summed E-state index contributed by atoms with van der Waals surface area (Å²) >= 11 is 2.10. The van der Waals surface area contributed by atoms with Crippen LogP contribution in [0.25, 0.3) is 0 Å². The van der Waals surface area contributed by atoms with Gasteiger partial charge in [-0.3, -0.25) is 57.5 Å². The summed E-state index contributed by atoms with van der Waals surface area (Å²) < 4.78 is 15.1. The van der Waals surface area contributed by atoms with Crippen molar-refractivity contribution in [1.29, 1.82) is 0 Å². The molecule has 3 heterocycles. The number of hydrogen-bond donors (Lipinski definition) is 4. The predicted molar refractivity (Wildman–Crippen MR) is 364 cm³/mol. The average molecular weight is 1440 g/mol. The topological polar surface area (TPSA) is 279 Å². The van der Waals surface area contributed by atoms with Crippen LogP contribution in [0, 0.1) is 39.5 Å². The summed E-state index contributed by atoms with van der Waals surface area (Å²) in [6, 6.07) is 0.717.